The summed E-state index contributed by atoms with van der Waals surface area (Å²) in [6.07, 6.45) is 1.46. The highest BCUT2D eigenvalue weighted by atomic mass is 35.5. The fourth-order valence-corrected chi connectivity index (χ4v) is 4.47. The number of carbonyl (C=O) groups excluding carboxylic acids is 1. The molecule has 0 fully saturated rings. The van der Waals surface area contributed by atoms with Crippen LogP contribution in [0.4, 0.5) is 5.69 Å². The van der Waals surface area contributed by atoms with Crippen molar-refractivity contribution in [3.05, 3.63) is 81.3 Å². The number of hydrogen-bond acceptors (Lipinski definition) is 5. The Morgan fingerprint density at radius 2 is 1.87 bits per heavy atom. The molecule has 9 heteroatoms. The van der Waals surface area contributed by atoms with Crippen molar-refractivity contribution < 1.29 is 4.79 Å². The normalized spacial score (nSPS) is 11.3. The first kappa shape index (κ1) is 19.5. The molecule has 0 aliphatic carbocycles. The summed E-state index contributed by atoms with van der Waals surface area (Å²) in [5, 5.41) is 9.74. The van der Waals surface area contributed by atoms with Crippen molar-refractivity contribution in [2.75, 3.05) is 5.32 Å². The van der Waals surface area contributed by atoms with Crippen LogP contribution < -0.4 is 11.0 Å². The third-order valence-corrected chi connectivity index (χ3v) is 6.14. The highest BCUT2D eigenvalue weighted by Crippen LogP contribution is 2.34. The zero-order chi connectivity index (χ0) is 21.5. The van der Waals surface area contributed by atoms with Crippen molar-refractivity contribution in [2.24, 2.45) is 0 Å². The second-order valence-electron chi connectivity index (χ2n) is 7.13. The average molecular weight is 450 g/mol. The zero-order valence-corrected chi connectivity index (χ0v) is 17.9. The summed E-state index contributed by atoms with van der Waals surface area (Å²) < 4.78 is 3.31. The SMILES string of the molecule is Cc1ccc(-c2csc3c2ncn2c(=O)n(CC(=O)Nc4ccc(Cl)cc4)nc32)cc1. The van der Waals surface area contributed by atoms with Crippen LogP contribution in [0.1, 0.15) is 5.56 Å². The first-order valence-electron chi connectivity index (χ1n) is 9.47. The Balaban J connectivity index is 1.49. The summed E-state index contributed by atoms with van der Waals surface area (Å²) in [6, 6.07) is 14.9. The molecule has 0 saturated carbocycles. The van der Waals surface area contributed by atoms with Crippen molar-refractivity contribution in [1.82, 2.24) is 19.2 Å². The van der Waals surface area contributed by atoms with Crippen molar-refractivity contribution in [2.45, 2.75) is 13.5 Å². The molecule has 3 heterocycles. The van der Waals surface area contributed by atoms with Gasteiger partial charge in [0.15, 0.2) is 5.65 Å². The molecule has 0 unspecified atom stereocenters. The van der Waals surface area contributed by atoms with Crippen LogP contribution in [0.15, 0.2) is 65.0 Å². The zero-order valence-electron chi connectivity index (χ0n) is 16.4. The summed E-state index contributed by atoms with van der Waals surface area (Å²) in [4.78, 5) is 29.7. The molecular formula is C22H16ClN5O2S. The molecule has 0 saturated heterocycles. The smallest absolute Gasteiger partial charge is 0.324 e. The van der Waals surface area contributed by atoms with Crippen molar-refractivity contribution in [1.29, 1.82) is 0 Å². The number of aryl methyl sites for hydroxylation is 1. The lowest BCUT2D eigenvalue weighted by molar-refractivity contribution is -0.117. The first-order chi connectivity index (χ1) is 15.0. The predicted octanol–water partition coefficient (Wildman–Crippen LogP) is 4.37. The Bertz CT molecular complexity index is 1480. The molecule has 5 rings (SSSR count). The number of hydrogen-bond donors (Lipinski definition) is 1. The minimum absolute atomic E-state index is 0.208. The number of anilines is 1. The molecule has 7 nitrogen and oxygen atoms in total. The Hall–Kier alpha value is -3.49. The summed E-state index contributed by atoms with van der Waals surface area (Å²) in [5.41, 5.74) is 4.67. The molecule has 0 spiro atoms. The van der Waals surface area contributed by atoms with Crippen LogP contribution in [0.2, 0.25) is 5.02 Å². The van der Waals surface area contributed by atoms with Crippen LogP contribution in [-0.4, -0.2) is 25.1 Å². The minimum atomic E-state index is -0.416. The van der Waals surface area contributed by atoms with Crippen LogP contribution in [0.5, 0.6) is 0 Å². The Kier molecular flexibility index (Phi) is 4.80. The van der Waals surface area contributed by atoms with Gasteiger partial charge in [-0.15, -0.1) is 16.4 Å². The quantitative estimate of drug-likeness (QED) is 0.441. The molecule has 0 atom stereocenters. The standard InChI is InChI=1S/C22H16ClN5O2S/c1-13-2-4-14(5-3-13)17-11-31-20-19(17)24-12-27-21(20)26-28(22(27)30)10-18(29)25-16-8-6-15(23)7-9-16/h2-9,11-12H,10H2,1H3,(H,25,29). The Morgan fingerprint density at radius 1 is 1.13 bits per heavy atom. The van der Waals surface area contributed by atoms with Crippen LogP contribution in [-0.2, 0) is 11.3 Å². The van der Waals surface area contributed by atoms with Gasteiger partial charge in [-0.2, -0.15) is 0 Å². The summed E-state index contributed by atoms with van der Waals surface area (Å²) in [6.45, 7) is 1.83. The van der Waals surface area contributed by atoms with E-state index >= 15 is 0 Å². The van der Waals surface area contributed by atoms with E-state index in [0.717, 1.165) is 26.0 Å². The van der Waals surface area contributed by atoms with Gasteiger partial charge in [0, 0.05) is 21.7 Å². The number of nitrogens with zero attached hydrogens (tertiary/aromatic N) is 4. The molecule has 154 valence electrons. The lowest BCUT2D eigenvalue weighted by Crippen LogP contribution is -2.28. The van der Waals surface area contributed by atoms with Gasteiger partial charge in [0.1, 0.15) is 12.9 Å². The van der Waals surface area contributed by atoms with E-state index in [2.05, 4.69) is 39.7 Å². The topological polar surface area (TPSA) is 81.3 Å². The third-order valence-electron chi connectivity index (χ3n) is 4.92. The average Bonchev–Trinajstić information content (AvgIpc) is 3.32. The van der Waals surface area contributed by atoms with E-state index in [-0.39, 0.29) is 12.5 Å². The number of nitrogens with one attached hydrogen (secondary N) is 1. The maximum absolute atomic E-state index is 12.7. The van der Waals surface area contributed by atoms with Gasteiger partial charge in [0.2, 0.25) is 5.91 Å². The molecule has 0 radical (unpaired) electrons. The minimum Gasteiger partial charge on any atom is -0.324 e. The summed E-state index contributed by atoms with van der Waals surface area (Å²) in [7, 11) is 0. The van der Waals surface area contributed by atoms with Gasteiger partial charge >= 0.3 is 5.69 Å². The van der Waals surface area contributed by atoms with Gasteiger partial charge in [0.25, 0.3) is 0 Å². The maximum Gasteiger partial charge on any atom is 0.352 e. The number of carbonyl (C=O) groups is 1. The number of rotatable bonds is 4. The molecule has 0 aliphatic rings. The van der Waals surface area contributed by atoms with E-state index in [4.69, 9.17) is 11.6 Å². The van der Waals surface area contributed by atoms with E-state index in [1.54, 1.807) is 24.3 Å². The van der Waals surface area contributed by atoms with E-state index < -0.39 is 5.69 Å². The molecule has 1 amide bonds. The lowest BCUT2D eigenvalue weighted by atomic mass is 10.1. The lowest BCUT2D eigenvalue weighted by Gasteiger charge is -2.04. The molecule has 0 aliphatic heterocycles. The fraction of sp³-hybridized carbons (Fsp3) is 0.0909. The number of benzene rings is 2. The van der Waals surface area contributed by atoms with Crippen LogP contribution in [0, 0.1) is 6.92 Å². The molecule has 2 aromatic carbocycles. The number of amides is 1. The Morgan fingerprint density at radius 3 is 2.61 bits per heavy atom. The fourth-order valence-electron chi connectivity index (χ4n) is 3.34. The largest absolute Gasteiger partial charge is 0.352 e. The van der Waals surface area contributed by atoms with Crippen molar-refractivity contribution in [3.8, 4) is 11.1 Å². The van der Waals surface area contributed by atoms with Gasteiger partial charge < -0.3 is 5.32 Å². The molecule has 31 heavy (non-hydrogen) atoms. The van der Waals surface area contributed by atoms with Gasteiger partial charge in [-0.1, -0.05) is 41.4 Å². The van der Waals surface area contributed by atoms with Gasteiger partial charge in [-0.3, -0.25) is 4.79 Å². The molecular weight excluding hydrogens is 434 g/mol. The van der Waals surface area contributed by atoms with Gasteiger partial charge in [0.05, 0.1) is 10.2 Å². The summed E-state index contributed by atoms with van der Waals surface area (Å²) >= 11 is 7.34. The molecule has 1 N–H and O–H groups in total. The van der Waals surface area contributed by atoms with Gasteiger partial charge in [-0.05, 0) is 36.8 Å². The number of fused-ring (bicyclic) bond motifs is 3. The van der Waals surface area contributed by atoms with E-state index in [1.807, 2.05) is 12.3 Å². The third kappa shape index (κ3) is 3.60. The number of halogens is 1. The Labute approximate surface area is 185 Å². The van der Waals surface area contributed by atoms with E-state index in [9.17, 15) is 9.59 Å². The highest BCUT2D eigenvalue weighted by molar-refractivity contribution is 7.18. The van der Waals surface area contributed by atoms with Crippen LogP contribution >= 0.6 is 22.9 Å². The first-order valence-corrected chi connectivity index (χ1v) is 10.7. The monoisotopic (exact) mass is 449 g/mol. The molecule has 5 aromatic rings. The molecule has 3 aromatic heterocycles. The van der Waals surface area contributed by atoms with E-state index in [0.29, 0.717) is 16.4 Å². The van der Waals surface area contributed by atoms with Crippen LogP contribution in [0.3, 0.4) is 0 Å². The number of aromatic nitrogens is 4. The second-order valence-corrected chi connectivity index (χ2v) is 8.44. The second kappa shape index (κ2) is 7.64. The van der Waals surface area contributed by atoms with Gasteiger partial charge in [-0.25, -0.2) is 18.9 Å². The summed E-state index contributed by atoms with van der Waals surface area (Å²) in [5.74, 6) is -0.358. The van der Waals surface area contributed by atoms with Crippen molar-refractivity contribution >= 4 is 50.4 Å². The number of thiophene rings is 1. The van der Waals surface area contributed by atoms with E-state index in [1.165, 1.54) is 27.6 Å². The molecule has 0 bridgehead atoms. The maximum atomic E-state index is 12.7. The van der Waals surface area contributed by atoms with Crippen molar-refractivity contribution in [3.63, 3.8) is 0 Å². The predicted molar refractivity (Wildman–Crippen MR) is 123 cm³/mol. The van der Waals surface area contributed by atoms with Crippen LogP contribution in [0.25, 0.3) is 27.0 Å². The highest BCUT2D eigenvalue weighted by Gasteiger charge is 2.17.